The Morgan fingerprint density at radius 1 is 1.10 bits per heavy atom. The molecule has 106 valence electrons. The van der Waals surface area contributed by atoms with Gasteiger partial charge in [0.15, 0.2) is 0 Å². The first-order chi connectivity index (χ1) is 9.38. The summed E-state index contributed by atoms with van der Waals surface area (Å²) in [5, 5.41) is 2.71. The van der Waals surface area contributed by atoms with Crippen LogP contribution < -0.4 is 15.8 Å². The fraction of sp³-hybridized carbons (Fsp3) is 0.182. The Bertz CT molecular complexity index is 600. The SMILES string of the molecule is COc1nc(N)nc(Nc2ccc(C(F)(F)F)cc2)n1. The van der Waals surface area contributed by atoms with Crippen LogP contribution in [0.5, 0.6) is 6.01 Å². The van der Waals surface area contributed by atoms with Gasteiger partial charge in [-0.2, -0.15) is 28.1 Å². The molecule has 1 aromatic carbocycles. The average molecular weight is 285 g/mol. The second-order valence-corrected chi connectivity index (χ2v) is 3.70. The highest BCUT2D eigenvalue weighted by Crippen LogP contribution is 2.30. The number of nitrogens with zero attached hydrogens (tertiary/aromatic N) is 3. The van der Waals surface area contributed by atoms with Crippen molar-refractivity contribution in [2.45, 2.75) is 6.18 Å². The number of anilines is 3. The lowest BCUT2D eigenvalue weighted by Gasteiger charge is -2.09. The van der Waals surface area contributed by atoms with Crippen molar-refractivity contribution in [3.8, 4) is 6.01 Å². The number of hydrogen-bond donors (Lipinski definition) is 2. The first-order valence-corrected chi connectivity index (χ1v) is 5.38. The third-order valence-corrected chi connectivity index (χ3v) is 2.28. The molecule has 0 bridgehead atoms. The van der Waals surface area contributed by atoms with Crippen molar-refractivity contribution >= 4 is 17.6 Å². The Balaban J connectivity index is 2.20. The third kappa shape index (κ3) is 3.25. The largest absolute Gasteiger partial charge is 0.467 e. The van der Waals surface area contributed by atoms with Crippen LogP contribution in [0.25, 0.3) is 0 Å². The maximum Gasteiger partial charge on any atom is 0.416 e. The first-order valence-electron chi connectivity index (χ1n) is 5.38. The molecular formula is C11H10F3N5O. The molecule has 20 heavy (non-hydrogen) atoms. The molecule has 0 aliphatic heterocycles. The van der Waals surface area contributed by atoms with E-state index in [4.69, 9.17) is 10.5 Å². The number of methoxy groups -OCH3 is 1. The minimum absolute atomic E-state index is 0.00640. The number of ether oxygens (including phenoxy) is 1. The topological polar surface area (TPSA) is 86.0 Å². The zero-order valence-electron chi connectivity index (χ0n) is 10.3. The van der Waals surface area contributed by atoms with Gasteiger partial charge in [-0.15, -0.1) is 0 Å². The van der Waals surface area contributed by atoms with E-state index in [1.807, 2.05) is 0 Å². The number of nitrogen functional groups attached to an aromatic ring is 1. The molecule has 0 atom stereocenters. The van der Waals surface area contributed by atoms with Crippen molar-refractivity contribution < 1.29 is 17.9 Å². The molecule has 1 aromatic heterocycles. The Labute approximate surface area is 111 Å². The summed E-state index contributed by atoms with van der Waals surface area (Å²) in [5.74, 6) is 0.0142. The highest BCUT2D eigenvalue weighted by molar-refractivity contribution is 5.54. The van der Waals surface area contributed by atoms with E-state index < -0.39 is 11.7 Å². The summed E-state index contributed by atoms with van der Waals surface area (Å²) in [4.78, 5) is 11.3. The van der Waals surface area contributed by atoms with E-state index in [0.29, 0.717) is 5.69 Å². The fourth-order valence-electron chi connectivity index (χ4n) is 1.39. The van der Waals surface area contributed by atoms with Crippen molar-refractivity contribution in [2.24, 2.45) is 0 Å². The highest BCUT2D eigenvalue weighted by Gasteiger charge is 2.29. The molecule has 0 unspecified atom stereocenters. The van der Waals surface area contributed by atoms with Crippen LogP contribution >= 0.6 is 0 Å². The zero-order chi connectivity index (χ0) is 14.8. The van der Waals surface area contributed by atoms with E-state index >= 15 is 0 Å². The van der Waals surface area contributed by atoms with Crippen molar-refractivity contribution in [2.75, 3.05) is 18.2 Å². The van der Waals surface area contributed by atoms with Gasteiger partial charge in [0, 0.05) is 5.69 Å². The summed E-state index contributed by atoms with van der Waals surface area (Å²) in [7, 11) is 1.36. The van der Waals surface area contributed by atoms with Crippen LogP contribution in [0.15, 0.2) is 24.3 Å². The van der Waals surface area contributed by atoms with Crippen LogP contribution in [0.2, 0.25) is 0 Å². The molecular weight excluding hydrogens is 275 g/mol. The first kappa shape index (κ1) is 13.8. The standard InChI is InChI=1S/C11H10F3N5O/c1-20-10-18-8(15)17-9(19-10)16-7-4-2-6(3-5-7)11(12,13)14/h2-5H,1H3,(H3,15,16,17,18,19). The smallest absolute Gasteiger partial charge is 0.416 e. The number of hydrogen-bond acceptors (Lipinski definition) is 6. The number of rotatable bonds is 3. The lowest BCUT2D eigenvalue weighted by Crippen LogP contribution is -2.06. The number of nitrogens with one attached hydrogen (secondary N) is 1. The molecule has 6 nitrogen and oxygen atoms in total. The molecule has 0 spiro atoms. The number of halogens is 3. The van der Waals surface area contributed by atoms with Gasteiger partial charge in [-0.3, -0.25) is 0 Å². The molecule has 0 radical (unpaired) electrons. The molecule has 0 fully saturated rings. The molecule has 2 rings (SSSR count). The van der Waals surface area contributed by atoms with E-state index in [1.54, 1.807) is 0 Å². The van der Waals surface area contributed by atoms with Gasteiger partial charge in [0.2, 0.25) is 11.9 Å². The lowest BCUT2D eigenvalue weighted by molar-refractivity contribution is -0.137. The van der Waals surface area contributed by atoms with Crippen LogP contribution in [-0.4, -0.2) is 22.1 Å². The molecule has 2 aromatic rings. The molecule has 1 heterocycles. The van der Waals surface area contributed by atoms with E-state index in [9.17, 15) is 13.2 Å². The van der Waals surface area contributed by atoms with Crippen molar-refractivity contribution in [1.29, 1.82) is 0 Å². The molecule has 0 aliphatic carbocycles. The summed E-state index contributed by atoms with van der Waals surface area (Å²) in [6.45, 7) is 0. The minimum atomic E-state index is -4.38. The second-order valence-electron chi connectivity index (χ2n) is 3.70. The van der Waals surface area contributed by atoms with Crippen LogP contribution in [0, 0.1) is 0 Å². The Hall–Kier alpha value is -2.58. The van der Waals surface area contributed by atoms with Crippen LogP contribution in [0.4, 0.5) is 30.8 Å². The van der Waals surface area contributed by atoms with Gasteiger partial charge in [-0.25, -0.2) is 0 Å². The average Bonchev–Trinajstić information content (AvgIpc) is 2.37. The van der Waals surface area contributed by atoms with Gasteiger partial charge in [-0.1, -0.05) is 0 Å². The Morgan fingerprint density at radius 3 is 2.30 bits per heavy atom. The van der Waals surface area contributed by atoms with Crippen molar-refractivity contribution in [3.05, 3.63) is 29.8 Å². The number of benzene rings is 1. The van der Waals surface area contributed by atoms with Gasteiger partial charge >= 0.3 is 12.2 Å². The third-order valence-electron chi connectivity index (χ3n) is 2.28. The normalized spacial score (nSPS) is 11.2. The number of aromatic nitrogens is 3. The van der Waals surface area contributed by atoms with Crippen LogP contribution in [0.1, 0.15) is 5.56 Å². The van der Waals surface area contributed by atoms with Gasteiger partial charge in [0.05, 0.1) is 12.7 Å². The molecule has 3 N–H and O–H groups in total. The molecule has 0 amide bonds. The van der Waals surface area contributed by atoms with E-state index in [-0.39, 0.29) is 17.9 Å². The van der Waals surface area contributed by atoms with Gasteiger partial charge in [0.1, 0.15) is 0 Å². The zero-order valence-corrected chi connectivity index (χ0v) is 10.3. The van der Waals surface area contributed by atoms with E-state index in [1.165, 1.54) is 19.2 Å². The summed E-state index contributed by atoms with van der Waals surface area (Å²) >= 11 is 0. The molecule has 0 saturated heterocycles. The van der Waals surface area contributed by atoms with E-state index in [2.05, 4.69) is 20.3 Å². The molecule has 0 saturated carbocycles. The monoisotopic (exact) mass is 285 g/mol. The van der Waals surface area contributed by atoms with Gasteiger partial charge in [-0.05, 0) is 24.3 Å². The molecule has 0 aliphatic rings. The quantitative estimate of drug-likeness (QED) is 0.899. The van der Waals surface area contributed by atoms with Crippen LogP contribution in [-0.2, 0) is 6.18 Å². The fourth-order valence-corrected chi connectivity index (χ4v) is 1.39. The van der Waals surface area contributed by atoms with Gasteiger partial charge < -0.3 is 15.8 Å². The van der Waals surface area contributed by atoms with Crippen molar-refractivity contribution in [1.82, 2.24) is 15.0 Å². The molecule has 9 heteroatoms. The maximum atomic E-state index is 12.4. The van der Waals surface area contributed by atoms with E-state index in [0.717, 1.165) is 12.1 Å². The number of alkyl halides is 3. The Kier molecular flexibility index (Phi) is 3.59. The van der Waals surface area contributed by atoms with Crippen molar-refractivity contribution in [3.63, 3.8) is 0 Å². The Morgan fingerprint density at radius 2 is 1.75 bits per heavy atom. The summed E-state index contributed by atoms with van der Waals surface area (Å²) in [5.41, 5.74) is 5.08. The summed E-state index contributed by atoms with van der Waals surface area (Å²) in [6, 6.07) is 4.42. The van der Waals surface area contributed by atoms with Crippen LogP contribution in [0.3, 0.4) is 0 Å². The lowest BCUT2D eigenvalue weighted by atomic mass is 10.2. The predicted molar refractivity (Wildman–Crippen MR) is 65.5 cm³/mol. The number of nitrogens with two attached hydrogens (primary N) is 1. The maximum absolute atomic E-state index is 12.4. The second kappa shape index (κ2) is 5.19. The summed E-state index contributed by atoms with van der Waals surface area (Å²) in [6.07, 6.45) is -4.38. The van der Waals surface area contributed by atoms with Gasteiger partial charge in [0.25, 0.3) is 0 Å². The predicted octanol–water partition coefficient (Wildman–Crippen LogP) is 2.22. The minimum Gasteiger partial charge on any atom is -0.467 e. The highest BCUT2D eigenvalue weighted by atomic mass is 19.4. The summed E-state index contributed by atoms with van der Waals surface area (Å²) < 4.78 is 42.0.